The quantitative estimate of drug-likeness (QED) is 0.726. The Balaban J connectivity index is 2.74. The average molecular weight is 239 g/mol. The highest BCUT2D eigenvalue weighted by Gasteiger charge is 2.15. The molecule has 0 bridgehead atoms. The van der Waals surface area contributed by atoms with Crippen molar-refractivity contribution in [2.45, 2.75) is 19.4 Å². The number of hydrogen-bond donors (Lipinski definition) is 0. The minimum absolute atomic E-state index is 0.133. The second kappa shape index (κ2) is 5.47. The first-order chi connectivity index (χ1) is 7.95. The van der Waals surface area contributed by atoms with Crippen LogP contribution in [0.2, 0.25) is 0 Å². The lowest BCUT2D eigenvalue weighted by Crippen LogP contribution is -2.22. The van der Waals surface area contributed by atoms with Crippen LogP contribution in [-0.4, -0.2) is 47.8 Å². The van der Waals surface area contributed by atoms with Gasteiger partial charge in [0.2, 0.25) is 0 Å². The van der Waals surface area contributed by atoms with E-state index in [1.807, 2.05) is 6.92 Å². The summed E-state index contributed by atoms with van der Waals surface area (Å²) in [4.78, 5) is 24.2. The maximum atomic E-state index is 11.6. The fourth-order valence-corrected chi connectivity index (χ4v) is 1.34. The van der Waals surface area contributed by atoms with E-state index < -0.39 is 0 Å². The van der Waals surface area contributed by atoms with Crippen LogP contribution in [0.3, 0.4) is 0 Å². The van der Waals surface area contributed by atoms with Crippen molar-refractivity contribution in [2.24, 2.45) is 0 Å². The lowest BCUT2D eigenvalue weighted by atomic mass is 10.2. The van der Waals surface area contributed by atoms with Gasteiger partial charge in [0, 0.05) is 20.3 Å². The molecule has 0 aromatic carbocycles. The summed E-state index contributed by atoms with van der Waals surface area (Å²) in [7, 11) is 4.68. The number of esters is 1. The molecule has 0 saturated carbocycles. The van der Waals surface area contributed by atoms with Crippen LogP contribution in [-0.2, 0) is 9.53 Å². The Labute approximate surface area is 100 Å². The van der Waals surface area contributed by atoms with Crippen molar-refractivity contribution in [3.63, 3.8) is 0 Å². The molecule has 0 aliphatic heterocycles. The van der Waals surface area contributed by atoms with E-state index in [0.717, 1.165) is 0 Å². The Bertz CT molecular complexity index is 412. The number of hydrogen-bond acceptors (Lipinski definition) is 4. The Hall–Kier alpha value is -1.85. The van der Waals surface area contributed by atoms with Crippen LogP contribution in [0, 0.1) is 0 Å². The maximum Gasteiger partial charge on any atom is 0.307 e. The Morgan fingerprint density at radius 3 is 2.71 bits per heavy atom. The second-order valence-electron chi connectivity index (χ2n) is 4.01. The van der Waals surface area contributed by atoms with E-state index in [1.165, 1.54) is 12.0 Å². The minimum atomic E-state index is -0.298. The molecule has 1 aromatic heterocycles. The molecule has 17 heavy (non-hydrogen) atoms. The van der Waals surface area contributed by atoms with Gasteiger partial charge in [0.25, 0.3) is 5.91 Å². The summed E-state index contributed by atoms with van der Waals surface area (Å²) >= 11 is 0. The largest absolute Gasteiger partial charge is 0.469 e. The maximum absolute atomic E-state index is 11.6. The van der Waals surface area contributed by atoms with Gasteiger partial charge in [-0.05, 0) is 13.0 Å². The summed E-state index contributed by atoms with van der Waals surface area (Å²) in [5.74, 6) is -0.456. The Morgan fingerprint density at radius 2 is 2.18 bits per heavy atom. The molecule has 1 atom stereocenters. The lowest BCUT2D eigenvalue weighted by Gasteiger charge is -2.11. The molecule has 0 fully saturated rings. The van der Waals surface area contributed by atoms with Crippen LogP contribution < -0.4 is 0 Å². The minimum Gasteiger partial charge on any atom is -0.469 e. The smallest absolute Gasteiger partial charge is 0.307 e. The third-order valence-corrected chi connectivity index (χ3v) is 2.37. The molecular weight excluding hydrogens is 222 g/mol. The molecule has 0 aliphatic carbocycles. The van der Waals surface area contributed by atoms with Gasteiger partial charge in [-0.1, -0.05) is 0 Å². The molecule has 0 N–H and O–H groups in total. The van der Waals surface area contributed by atoms with E-state index in [4.69, 9.17) is 0 Å². The molecule has 1 unspecified atom stereocenters. The number of ether oxygens (including phenoxy) is 1. The molecule has 0 spiro atoms. The average Bonchev–Trinajstić information content (AvgIpc) is 2.76. The SMILES string of the molecule is COC(=O)CC(C)n1ccc(C(=O)N(C)C)n1. The molecule has 6 nitrogen and oxygen atoms in total. The predicted octanol–water partition coefficient (Wildman–Crippen LogP) is 0.709. The van der Waals surface area contributed by atoms with Crippen molar-refractivity contribution in [3.05, 3.63) is 18.0 Å². The van der Waals surface area contributed by atoms with Crippen LogP contribution in [0.5, 0.6) is 0 Å². The number of rotatable bonds is 4. The van der Waals surface area contributed by atoms with Gasteiger partial charge in [-0.15, -0.1) is 0 Å². The first kappa shape index (κ1) is 13.2. The van der Waals surface area contributed by atoms with Gasteiger partial charge >= 0.3 is 5.97 Å². The third kappa shape index (κ3) is 3.30. The zero-order valence-corrected chi connectivity index (χ0v) is 10.5. The summed E-state index contributed by atoms with van der Waals surface area (Å²) in [6.45, 7) is 1.84. The Kier molecular flexibility index (Phi) is 4.25. The van der Waals surface area contributed by atoms with Gasteiger partial charge in [0.15, 0.2) is 0 Å². The summed E-state index contributed by atoms with van der Waals surface area (Å²) < 4.78 is 6.17. The van der Waals surface area contributed by atoms with Crippen molar-refractivity contribution >= 4 is 11.9 Å². The van der Waals surface area contributed by atoms with Gasteiger partial charge in [-0.3, -0.25) is 14.3 Å². The number of methoxy groups -OCH3 is 1. The van der Waals surface area contributed by atoms with Gasteiger partial charge in [0.05, 0.1) is 19.6 Å². The molecule has 0 aliphatic rings. The summed E-state index contributed by atoms with van der Waals surface area (Å²) in [6.07, 6.45) is 1.91. The van der Waals surface area contributed by atoms with Crippen LogP contribution in [0.25, 0.3) is 0 Å². The zero-order valence-electron chi connectivity index (χ0n) is 10.5. The van der Waals surface area contributed by atoms with E-state index >= 15 is 0 Å². The van der Waals surface area contributed by atoms with Crippen LogP contribution >= 0.6 is 0 Å². The Morgan fingerprint density at radius 1 is 1.53 bits per heavy atom. The fraction of sp³-hybridized carbons (Fsp3) is 0.545. The highest BCUT2D eigenvalue weighted by atomic mass is 16.5. The topological polar surface area (TPSA) is 64.4 Å². The first-order valence-electron chi connectivity index (χ1n) is 5.29. The van der Waals surface area contributed by atoms with Crippen molar-refractivity contribution in [1.82, 2.24) is 14.7 Å². The molecule has 1 heterocycles. The summed E-state index contributed by atoms with van der Waals surface area (Å²) in [5, 5.41) is 4.14. The molecule has 6 heteroatoms. The van der Waals surface area contributed by atoms with Gasteiger partial charge in [0.1, 0.15) is 5.69 Å². The van der Waals surface area contributed by atoms with E-state index in [1.54, 1.807) is 31.0 Å². The number of nitrogens with zero attached hydrogens (tertiary/aromatic N) is 3. The van der Waals surface area contributed by atoms with Crippen molar-refractivity contribution in [1.29, 1.82) is 0 Å². The summed E-state index contributed by atoms with van der Waals surface area (Å²) in [5.41, 5.74) is 0.367. The van der Waals surface area contributed by atoms with E-state index in [9.17, 15) is 9.59 Å². The number of amides is 1. The molecule has 0 radical (unpaired) electrons. The molecule has 1 rings (SSSR count). The summed E-state index contributed by atoms with van der Waals surface area (Å²) in [6, 6.07) is 1.50. The van der Waals surface area contributed by atoms with Crippen LogP contribution in [0.4, 0.5) is 0 Å². The number of aromatic nitrogens is 2. The molecular formula is C11H17N3O3. The van der Waals surface area contributed by atoms with Gasteiger partial charge in [-0.2, -0.15) is 5.10 Å². The predicted molar refractivity (Wildman–Crippen MR) is 61.6 cm³/mol. The van der Waals surface area contributed by atoms with E-state index in [2.05, 4.69) is 9.84 Å². The van der Waals surface area contributed by atoms with Crippen molar-refractivity contribution in [2.75, 3.05) is 21.2 Å². The first-order valence-corrected chi connectivity index (χ1v) is 5.29. The zero-order chi connectivity index (χ0) is 13.0. The standard InChI is InChI=1S/C11H17N3O3/c1-8(7-10(15)17-4)14-6-5-9(12-14)11(16)13(2)3/h5-6,8H,7H2,1-4H3. The van der Waals surface area contributed by atoms with E-state index in [-0.39, 0.29) is 24.3 Å². The van der Waals surface area contributed by atoms with Crippen molar-refractivity contribution < 1.29 is 14.3 Å². The van der Waals surface area contributed by atoms with Crippen molar-refractivity contribution in [3.8, 4) is 0 Å². The lowest BCUT2D eigenvalue weighted by molar-refractivity contribution is -0.141. The van der Waals surface area contributed by atoms with Crippen LogP contribution in [0.1, 0.15) is 29.9 Å². The normalized spacial score (nSPS) is 12.0. The molecule has 0 saturated heterocycles. The highest BCUT2D eigenvalue weighted by molar-refractivity contribution is 5.91. The van der Waals surface area contributed by atoms with E-state index in [0.29, 0.717) is 5.69 Å². The second-order valence-corrected chi connectivity index (χ2v) is 4.01. The van der Waals surface area contributed by atoms with Gasteiger partial charge < -0.3 is 9.64 Å². The van der Waals surface area contributed by atoms with Crippen LogP contribution in [0.15, 0.2) is 12.3 Å². The molecule has 94 valence electrons. The third-order valence-electron chi connectivity index (χ3n) is 2.37. The molecule has 1 amide bonds. The molecule has 1 aromatic rings. The monoisotopic (exact) mass is 239 g/mol. The van der Waals surface area contributed by atoms with Gasteiger partial charge in [-0.25, -0.2) is 0 Å². The highest BCUT2D eigenvalue weighted by Crippen LogP contribution is 2.11. The fourth-order valence-electron chi connectivity index (χ4n) is 1.34. The number of carbonyl (C=O) groups excluding carboxylic acids is 2. The number of carbonyl (C=O) groups is 2.